The minimum atomic E-state index is 0.811. The van der Waals surface area contributed by atoms with Crippen molar-refractivity contribution in [3.63, 3.8) is 0 Å². The Kier molecular flexibility index (Phi) is 2.06. The van der Waals surface area contributed by atoms with E-state index in [4.69, 9.17) is 5.73 Å². The molecule has 0 bridgehead atoms. The Balaban J connectivity index is 2.95. The summed E-state index contributed by atoms with van der Waals surface area (Å²) >= 11 is 9.37. The minimum absolute atomic E-state index is 0.811. The molecule has 0 radical (unpaired) electrons. The molecule has 0 aliphatic heterocycles. The third kappa shape index (κ3) is 1.14. The van der Waals surface area contributed by atoms with Crippen LogP contribution in [0.3, 0.4) is 0 Å². The summed E-state index contributed by atoms with van der Waals surface area (Å²) in [6.07, 6.45) is 0. The summed E-state index contributed by atoms with van der Waals surface area (Å²) in [5.74, 6) is 0. The number of nitrogens with two attached hydrogens (primary N) is 1. The number of anilines is 1. The fraction of sp³-hybridized carbons (Fsp3) is 0. The van der Waals surface area contributed by atoms with Gasteiger partial charge in [-0.2, -0.15) is 0 Å². The van der Waals surface area contributed by atoms with Crippen LogP contribution >= 0.6 is 39.9 Å². The number of thiophene rings is 1. The zero-order valence-electron chi connectivity index (χ0n) is 6.04. The Morgan fingerprint density at radius 1 is 1.42 bits per heavy atom. The number of thiol groups is 1. The Labute approximate surface area is 88.1 Å². The Morgan fingerprint density at radius 2 is 2.17 bits per heavy atom. The summed E-state index contributed by atoms with van der Waals surface area (Å²) in [5, 5.41) is 1.08. The molecule has 0 aliphatic carbocycles. The number of hydrogen-bond donors (Lipinski definition) is 2. The lowest BCUT2D eigenvalue weighted by Gasteiger charge is -1.93. The Morgan fingerprint density at radius 3 is 2.83 bits per heavy atom. The lowest BCUT2D eigenvalue weighted by Crippen LogP contribution is -1.81. The largest absolute Gasteiger partial charge is 0.397 e. The number of fused-ring (bicyclic) bond motifs is 1. The normalized spacial score (nSPS) is 10.8. The van der Waals surface area contributed by atoms with Gasteiger partial charge in [-0.15, -0.1) is 24.0 Å². The molecule has 12 heavy (non-hydrogen) atoms. The second kappa shape index (κ2) is 2.94. The van der Waals surface area contributed by atoms with E-state index < -0.39 is 0 Å². The first-order valence-electron chi connectivity index (χ1n) is 3.35. The van der Waals surface area contributed by atoms with Crippen molar-refractivity contribution in [2.75, 3.05) is 5.73 Å². The van der Waals surface area contributed by atoms with E-state index in [2.05, 4.69) is 28.6 Å². The van der Waals surface area contributed by atoms with Crippen molar-refractivity contribution < 1.29 is 0 Å². The molecule has 4 heteroatoms. The van der Waals surface area contributed by atoms with Crippen LogP contribution in [-0.4, -0.2) is 0 Å². The van der Waals surface area contributed by atoms with Gasteiger partial charge in [0.1, 0.15) is 0 Å². The van der Waals surface area contributed by atoms with Crippen LogP contribution in [-0.2, 0) is 0 Å². The molecule has 0 unspecified atom stereocenters. The lowest BCUT2D eigenvalue weighted by molar-refractivity contribution is 1.61. The Bertz CT molecular complexity index is 436. The maximum Gasteiger partial charge on any atom is 0.0940 e. The van der Waals surface area contributed by atoms with Crippen molar-refractivity contribution in [3.8, 4) is 0 Å². The number of rotatable bonds is 0. The van der Waals surface area contributed by atoms with Crippen LogP contribution < -0.4 is 5.73 Å². The predicted molar refractivity (Wildman–Crippen MR) is 61.2 cm³/mol. The van der Waals surface area contributed by atoms with Gasteiger partial charge in [-0.25, -0.2) is 0 Å². The molecule has 1 nitrogen and oxygen atoms in total. The number of hydrogen-bond acceptors (Lipinski definition) is 3. The highest BCUT2D eigenvalue weighted by molar-refractivity contribution is 9.11. The zero-order valence-corrected chi connectivity index (χ0v) is 9.34. The van der Waals surface area contributed by atoms with E-state index in [9.17, 15) is 0 Å². The van der Waals surface area contributed by atoms with Gasteiger partial charge in [0, 0.05) is 10.3 Å². The average Bonchev–Trinajstić information content (AvgIpc) is 2.32. The molecule has 0 spiro atoms. The molecular formula is C8H6BrNS2. The number of benzene rings is 1. The van der Waals surface area contributed by atoms with E-state index in [0.717, 1.165) is 24.5 Å². The molecule has 0 saturated heterocycles. The molecule has 0 fully saturated rings. The van der Waals surface area contributed by atoms with Gasteiger partial charge in [-0.3, -0.25) is 0 Å². The summed E-state index contributed by atoms with van der Waals surface area (Å²) in [6, 6.07) is 5.93. The highest BCUT2D eigenvalue weighted by atomic mass is 79.9. The number of halogens is 1. The third-order valence-electron chi connectivity index (χ3n) is 1.69. The molecular weight excluding hydrogens is 254 g/mol. The van der Waals surface area contributed by atoms with Gasteiger partial charge in [-0.05, 0) is 22.0 Å². The van der Waals surface area contributed by atoms with Crippen molar-refractivity contribution in [1.82, 2.24) is 0 Å². The third-order valence-corrected chi connectivity index (χ3v) is 4.17. The van der Waals surface area contributed by atoms with Crippen LogP contribution in [0, 0.1) is 0 Å². The first kappa shape index (κ1) is 8.41. The number of nitrogen functional groups attached to an aromatic ring is 1. The van der Waals surface area contributed by atoms with Crippen LogP contribution in [0.15, 0.2) is 26.9 Å². The molecule has 1 aromatic heterocycles. The smallest absolute Gasteiger partial charge is 0.0940 e. The molecule has 2 rings (SSSR count). The van der Waals surface area contributed by atoms with Gasteiger partial charge >= 0.3 is 0 Å². The van der Waals surface area contributed by atoms with Crippen LogP contribution in [0.1, 0.15) is 0 Å². The SMILES string of the molecule is Nc1c(Br)sc2c(S)cccc12. The molecule has 1 aromatic carbocycles. The molecule has 62 valence electrons. The summed E-state index contributed by atoms with van der Waals surface area (Å²) in [6.45, 7) is 0. The quantitative estimate of drug-likeness (QED) is 0.696. The van der Waals surface area contributed by atoms with Crippen molar-refractivity contribution in [2.24, 2.45) is 0 Å². The van der Waals surface area contributed by atoms with E-state index in [1.165, 1.54) is 0 Å². The predicted octanol–water partition coefficient (Wildman–Crippen LogP) is 3.53. The van der Waals surface area contributed by atoms with E-state index in [-0.39, 0.29) is 0 Å². The summed E-state index contributed by atoms with van der Waals surface area (Å²) < 4.78 is 2.13. The van der Waals surface area contributed by atoms with Crippen LogP contribution in [0.4, 0.5) is 5.69 Å². The highest BCUT2D eigenvalue weighted by Gasteiger charge is 2.07. The molecule has 0 saturated carbocycles. The molecule has 0 atom stereocenters. The highest BCUT2D eigenvalue weighted by Crippen LogP contribution is 2.40. The monoisotopic (exact) mass is 259 g/mol. The topological polar surface area (TPSA) is 26.0 Å². The van der Waals surface area contributed by atoms with Crippen molar-refractivity contribution >= 4 is 55.7 Å². The van der Waals surface area contributed by atoms with Gasteiger partial charge in [0.05, 0.1) is 14.2 Å². The first-order valence-corrected chi connectivity index (χ1v) is 5.41. The summed E-state index contributed by atoms with van der Waals surface area (Å²) in [5.41, 5.74) is 6.65. The maximum absolute atomic E-state index is 5.84. The van der Waals surface area contributed by atoms with Gasteiger partial charge in [0.2, 0.25) is 0 Å². The fourth-order valence-corrected chi connectivity index (χ4v) is 3.00. The molecule has 0 aliphatic rings. The lowest BCUT2D eigenvalue weighted by atomic mass is 10.2. The zero-order chi connectivity index (χ0) is 8.72. The Hall–Kier alpha value is -0.190. The van der Waals surface area contributed by atoms with E-state index in [0.29, 0.717) is 0 Å². The molecule has 2 N–H and O–H groups in total. The summed E-state index contributed by atoms with van der Waals surface area (Å²) in [7, 11) is 0. The second-order valence-electron chi connectivity index (χ2n) is 2.44. The van der Waals surface area contributed by atoms with Gasteiger partial charge < -0.3 is 5.73 Å². The van der Waals surface area contributed by atoms with Gasteiger partial charge in [0.25, 0.3) is 0 Å². The van der Waals surface area contributed by atoms with Crippen LogP contribution in [0.25, 0.3) is 10.1 Å². The van der Waals surface area contributed by atoms with E-state index in [1.807, 2.05) is 18.2 Å². The van der Waals surface area contributed by atoms with Crippen molar-refractivity contribution in [3.05, 3.63) is 22.0 Å². The van der Waals surface area contributed by atoms with E-state index >= 15 is 0 Å². The minimum Gasteiger partial charge on any atom is -0.397 e. The maximum atomic E-state index is 5.84. The standard InChI is InChI=1S/C8H6BrNS2/c9-8-6(10)4-2-1-3-5(11)7(4)12-8/h1-3,11H,10H2. The second-order valence-corrected chi connectivity index (χ2v) is 5.26. The van der Waals surface area contributed by atoms with Gasteiger partial charge in [0.15, 0.2) is 0 Å². The molecule has 2 aromatic rings. The first-order chi connectivity index (χ1) is 5.70. The van der Waals surface area contributed by atoms with Crippen LogP contribution in [0.2, 0.25) is 0 Å². The average molecular weight is 260 g/mol. The van der Waals surface area contributed by atoms with Crippen LogP contribution in [0.5, 0.6) is 0 Å². The van der Waals surface area contributed by atoms with Crippen molar-refractivity contribution in [2.45, 2.75) is 4.90 Å². The molecule has 1 heterocycles. The van der Waals surface area contributed by atoms with E-state index in [1.54, 1.807) is 11.3 Å². The molecule has 0 amide bonds. The van der Waals surface area contributed by atoms with Crippen molar-refractivity contribution in [1.29, 1.82) is 0 Å². The van der Waals surface area contributed by atoms with Gasteiger partial charge in [-0.1, -0.05) is 12.1 Å². The summed E-state index contributed by atoms with van der Waals surface area (Å²) in [4.78, 5) is 0.981. The fourth-order valence-electron chi connectivity index (χ4n) is 1.09.